The second kappa shape index (κ2) is 7.36. The van der Waals surface area contributed by atoms with Crippen LogP contribution in [-0.2, 0) is 4.79 Å². The summed E-state index contributed by atoms with van der Waals surface area (Å²) in [6.07, 6.45) is 0.691. The summed E-state index contributed by atoms with van der Waals surface area (Å²) in [5.41, 5.74) is 2.26. The van der Waals surface area contributed by atoms with Crippen molar-refractivity contribution in [2.45, 2.75) is 20.3 Å². The van der Waals surface area contributed by atoms with Gasteiger partial charge in [-0.15, -0.1) is 0 Å². The zero-order chi connectivity index (χ0) is 14.3. The van der Waals surface area contributed by atoms with Crippen LogP contribution in [0, 0.1) is 6.92 Å². The van der Waals surface area contributed by atoms with Crippen molar-refractivity contribution in [3.8, 4) is 0 Å². The van der Waals surface area contributed by atoms with Crippen LogP contribution in [0.25, 0.3) is 0 Å². The van der Waals surface area contributed by atoms with Gasteiger partial charge in [0.1, 0.15) is 0 Å². The fraction of sp³-hybridized carbons (Fsp3) is 0.333. The van der Waals surface area contributed by atoms with Crippen LogP contribution < -0.4 is 10.6 Å². The zero-order valence-corrected chi connectivity index (χ0v) is 11.5. The standard InChI is InChI=1S/C15H20N2O2/c1-11(2)14(18)16-9-4-10-17-15(19)13-7-5-12(3)6-8-13/h5-8H,1,4,9-10H2,2-3H3,(H,16,18)(H,17,19). The number of aryl methyl sites for hydroxylation is 1. The molecule has 0 spiro atoms. The lowest BCUT2D eigenvalue weighted by Crippen LogP contribution is -2.30. The molecule has 19 heavy (non-hydrogen) atoms. The third-order valence-corrected chi connectivity index (χ3v) is 2.63. The van der Waals surface area contributed by atoms with Crippen LogP contribution in [-0.4, -0.2) is 24.9 Å². The van der Waals surface area contributed by atoms with E-state index in [0.717, 1.165) is 5.56 Å². The Hall–Kier alpha value is -2.10. The minimum atomic E-state index is -0.148. The second-order valence-corrected chi connectivity index (χ2v) is 4.51. The first-order chi connectivity index (χ1) is 9.00. The van der Waals surface area contributed by atoms with Crippen molar-refractivity contribution < 1.29 is 9.59 Å². The highest BCUT2D eigenvalue weighted by Gasteiger charge is 2.04. The molecule has 0 saturated carbocycles. The molecule has 0 fully saturated rings. The maximum absolute atomic E-state index is 11.7. The molecule has 2 amide bonds. The Balaban J connectivity index is 2.23. The van der Waals surface area contributed by atoms with Crippen molar-refractivity contribution in [3.63, 3.8) is 0 Å². The second-order valence-electron chi connectivity index (χ2n) is 4.51. The predicted octanol–water partition coefficient (Wildman–Crippen LogP) is 1.81. The Morgan fingerprint density at radius 1 is 1.11 bits per heavy atom. The number of carbonyl (C=O) groups is 2. The van der Waals surface area contributed by atoms with E-state index in [1.165, 1.54) is 0 Å². The van der Waals surface area contributed by atoms with E-state index in [9.17, 15) is 9.59 Å². The molecule has 0 bridgehead atoms. The summed E-state index contributed by atoms with van der Waals surface area (Å²) in [6, 6.07) is 7.41. The van der Waals surface area contributed by atoms with Gasteiger partial charge < -0.3 is 10.6 Å². The molecule has 4 nitrogen and oxygen atoms in total. The summed E-state index contributed by atoms with van der Waals surface area (Å²) in [5, 5.41) is 5.52. The molecule has 4 heteroatoms. The van der Waals surface area contributed by atoms with Crippen LogP contribution in [0.2, 0.25) is 0 Å². The van der Waals surface area contributed by atoms with Gasteiger partial charge in [-0.2, -0.15) is 0 Å². The van der Waals surface area contributed by atoms with Crippen molar-refractivity contribution in [1.29, 1.82) is 0 Å². The molecule has 1 aromatic rings. The van der Waals surface area contributed by atoms with Crippen molar-refractivity contribution >= 4 is 11.8 Å². The highest BCUT2D eigenvalue weighted by molar-refractivity contribution is 5.94. The first-order valence-electron chi connectivity index (χ1n) is 6.29. The lowest BCUT2D eigenvalue weighted by Gasteiger charge is -2.07. The average Bonchev–Trinajstić information content (AvgIpc) is 2.38. The largest absolute Gasteiger partial charge is 0.352 e. The molecular weight excluding hydrogens is 240 g/mol. The van der Waals surface area contributed by atoms with Gasteiger partial charge in [-0.3, -0.25) is 9.59 Å². The quantitative estimate of drug-likeness (QED) is 0.605. The Kier molecular flexibility index (Phi) is 5.79. The van der Waals surface area contributed by atoms with Crippen LogP contribution >= 0.6 is 0 Å². The number of rotatable bonds is 6. The third-order valence-electron chi connectivity index (χ3n) is 2.63. The molecule has 2 N–H and O–H groups in total. The molecule has 1 aromatic carbocycles. The van der Waals surface area contributed by atoms with E-state index in [-0.39, 0.29) is 11.8 Å². The lowest BCUT2D eigenvalue weighted by molar-refractivity contribution is -0.117. The highest BCUT2D eigenvalue weighted by Crippen LogP contribution is 2.02. The molecular formula is C15H20N2O2. The summed E-state index contributed by atoms with van der Waals surface area (Å²) < 4.78 is 0. The molecule has 0 aromatic heterocycles. The normalized spacial score (nSPS) is 9.79. The van der Waals surface area contributed by atoms with E-state index >= 15 is 0 Å². The summed E-state index contributed by atoms with van der Waals surface area (Å²) in [6.45, 7) is 8.25. The molecule has 0 atom stereocenters. The fourth-order valence-corrected chi connectivity index (χ4v) is 1.45. The van der Waals surface area contributed by atoms with Gasteiger partial charge in [-0.1, -0.05) is 24.3 Å². The van der Waals surface area contributed by atoms with Crippen LogP contribution in [0.4, 0.5) is 0 Å². The summed E-state index contributed by atoms with van der Waals surface area (Å²) >= 11 is 0. The van der Waals surface area contributed by atoms with E-state index in [0.29, 0.717) is 30.6 Å². The maximum atomic E-state index is 11.7. The van der Waals surface area contributed by atoms with Crippen molar-refractivity contribution in [3.05, 3.63) is 47.5 Å². The van der Waals surface area contributed by atoms with E-state index in [4.69, 9.17) is 0 Å². The molecule has 0 radical (unpaired) electrons. The fourth-order valence-electron chi connectivity index (χ4n) is 1.45. The van der Waals surface area contributed by atoms with Gasteiger partial charge in [-0.25, -0.2) is 0 Å². The zero-order valence-electron chi connectivity index (χ0n) is 11.5. The van der Waals surface area contributed by atoms with Gasteiger partial charge in [0.2, 0.25) is 5.91 Å². The molecule has 0 aliphatic rings. The van der Waals surface area contributed by atoms with Gasteiger partial charge >= 0.3 is 0 Å². The van der Waals surface area contributed by atoms with E-state index in [2.05, 4.69) is 17.2 Å². The maximum Gasteiger partial charge on any atom is 0.251 e. The number of nitrogens with one attached hydrogen (secondary N) is 2. The number of hydrogen-bond acceptors (Lipinski definition) is 2. The van der Waals surface area contributed by atoms with Crippen LogP contribution in [0.1, 0.15) is 29.3 Å². The Morgan fingerprint density at radius 2 is 1.68 bits per heavy atom. The molecule has 0 aliphatic heterocycles. The molecule has 0 heterocycles. The van der Waals surface area contributed by atoms with E-state index < -0.39 is 0 Å². The number of benzene rings is 1. The summed E-state index contributed by atoms with van der Waals surface area (Å²) in [4.78, 5) is 22.9. The monoisotopic (exact) mass is 260 g/mol. The van der Waals surface area contributed by atoms with Gasteiger partial charge in [0.05, 0.1) is 0 Å². The van der Waals surface area contributed by atoms with Crippen LogP contribution in [0.15, 0.2) is 36.4 Å². The summed E-state index contributed by atoms with van der Waals surface area (Å²) in [5.74, 6) is -0.240. The topological polar surface area (TPSA) is 58.2 Å². The molecule has 102 valence electrons. The minimum Gasteiger partial charge on any atom is -0.352 e. The minimum absolute atomic E-state index is 0.0915. The number of hydrogen-bond donors (Lipinski definition) is 2. The smallest absolute Gasteiger partial charge is 0.251 e. The predicted molar refractivity (Wildman–Crippen MR) is 76.0 cm³/mol. The van der Waals surface area contributed by atoms with Crippen LogP contribution in [0.5, 0.6) is 0 Å². The Bertz CT molecular complexity index is 464. The van der Waals surface area contributed by atoms with Gasteiger partial charge in [-0.05, 0) is 32.4 Å². The SMILES string of the molecule is C=C(C)C(=O)NCCCNC(=O)c1ccc(C)cc1. The Labute approximate surface area is 113 Å². The first-order valence-corrected chi connectivity index (χ1v) is 6.29. The molecule has 0 unspecified atom stereocenters. The van der Waals surface area contributed by atoms with Crippen molar-refractivity contribution in [2.75, 3.05) is 13.1 Å². The molecule has 1 rings (SSSR count). The number of carbonyl (C=O) groups excluding carboxylic acids is 2. The van der Waals surface area contributed by atoms with Crippen molar-refractivity contribution in [1.82, 2.24) is 10.6 Å². The summed E-state index contributed by atoms with van der Waals surface area (Å²) in [7, 11) is 0. The first kappa shape index (κ1) is 15.0. The van der Waals surface area contributed by atoms with Crippen molar-refractivity contribution in [2.24, 2.45) is 0 Å². The average molecular weight is 260 g/mol. The van der Waals surface area contributed by atoms with E-state index in [1.807, 2.05) is 19.1 Å². The van der Waals surface area contributed by atoms with Gasteiger partial charge in [0.15, 0.2) is 0 Å². The van der Waals surface area contributed by atoms with Crippen LogP contribution in [0.3, 0.4) is 0 Å². The molecule has 0 saturated heterocycles. The van der Waals surface area contributed by atoms with Gasteiger partial charge in [0.25, 0.3) is 5.91 Å². The van der Waals surface area contributed by atoms with E-state index in [1.54, 1.807) is 19.1 Å². The molecule has 0 aliphatic carbocycles. The Morgan fingerprint density at radius 3 is 2.26 bits per heavy atom. The van der Waals surface area contributed by atoms with Gasteiger partial charge in [0, 0.05) is 24.2 Å². The lowest BCUT2D eigenvalue weighted by atomic mass is 10.1. The highest BCUT2D eigenvalue weighted by atomic mass is 16.2. The number of amides is 2. The third kappa shape index (κ3) is 5.38.